The molecule has 114 valence electrons. The molecule has 3 nitrogen and oxygen atoms in total. The van der Waals surface area contributed by atoms with E-state index in [1.54, 1.807) is 42.5 Å². The monoisotopic (exact) mass is 304 g/mol. The fraction of sp³-hybridized carbons (Fsp3) is 0.0500. The van der Waals surface area contributed by atoms with Crippen LogP contribution in [-0.2, 0) is 0 Å². The average Bonchev–Trinajstić information content (AvgIpc) is 2.59. The number of carbonyl (C=O) groups excluding carboxylic acids is 1. The molecule has 3 rings (SSSR count). The molecule has 0 aliphatic heterocycles. The topological polar surface area (TPSA) is 35.5 Å². The van der Waals surface area contributed by atoms with Crippen molar-refractivity contribution in [2.24, 2.45) is 0 Å². The van der Waals surface area contributed by atoms with Gasteiger partial charge in [0.25, 0.3) is 0 Å². The zero-order valence-corrected chi connectivity index (χ0v) is 12.7. The molecule has 0 aliphatic carbocycles. The van der Waals surface area contributed by atoms with E-state index < -0.39 is 5.97 Å². The Kier molecular flexibility index (Phi) is 4.39. The van der Waals surface area contributed by atoms with E-state index >= 15 is 0 Å². The maximum Gasteiger partial charge on any atom is 0.343 e. The molecular weight excluding hydrogens is 288 g/mol. The lowest BCUT2D eigenvalue weighted by atomic mass is 10.2. The molecule has 0 saturated carbocycles. The second kappa shape index (κ2) is 6.79. The molecule has 0 N–H and O–H groups in total. The number of esters is 1. The van der Waals surface area contributed by atoms with Crippen LogP contribution < -0.4 is 9.47 Å². The summed E-state index contributed by atoms with van der Waals surface area (Å²) >= 11 is 0. The summed E-state index contributed by atoms with van der Waals surface area (Å²) in [6, 6.07) is 23.7. The average molecular weight is 304 g/mol. The highest BCUT2D eigenvalue weighted by molar-refractivity contribution is 5.91. The molecule has 0 saturated heterocycles. The number of para-hydroxylation sites is 2. The third-order valence-electron chi connectivity index (χ3n) is 3.31. The first-order valence-electron chi connectivity index (χ1n) is 7.33. The molecule has 3 aromatic rings. The maximum absolute atomic E-state index is 12.2. The molecule has 0 aliphatic rings. The van der Waals surface area contributed by atoms with Crippen molar-refractivity contribution < 1.29 is 14.3 Å². The lowest BCUT2D eigenvalue weighted by molar-refractivity contribution is 0.0730. The normalized spacial score (nSPS) is 10.1. The molecule has 0 atom stereocenters. The van der Waals surface area contributed by atoms with Crippen LogP contribution in [-0.4, -0.2) is 5.97 Å². The minimum absolute atomic E-state index is 0.391. The second-order valence-corrected chi connectivity index (χ2v) is 5.12. The Bertz CT molecular complexity index is 793. The zero-order valence-electron chi connectivity index (χ0n) is 12.7. The van der Waals surface area contributed by atoms with Crippen molar-refractivity contribution >= 4 is 5.97 Å². The quantitative estimate of drug-likeness (QED) is 0.502. The summed E-state index contributed by atoms with van der Waals surface area (Å²) < 4.78 is 11.3. The van der Waals surface area contributed by atoms with Crippen LogP contribution in [0.1, 0.15) is 15.9 Å². The standard InChI is InChI=1S/C20H16O3/c1-15-11-13-17(14-12-15)22-18-9-5-6-10-19(18)23-20(21)16-7-3-2-4-8-16/h2-14H,1H3. The number of ether oxygens (including phenoxy) is 2. The minimum atomic E-state index is -0.412. The summed E-state index contributed by atoms with van der Waals surface area (Å²) in [5.41, 5.74) is 1.65. The number of hydrogen-bond acceptors (Lipinski definition) is 3. The highest BCUT2D eigenvalue weighted by Gasteiger charge is 2.12. The number of benzene rings is 3. The van der Waals surface area contributed by atoms with Gasteiger partial charge in [-0.15, -0.1) is 0 Å². The largest absolute Gasteiger partial charge is 0.453 e. The van der Waals surface area contributed by atoms with E-state index in [-0.39, 0.29) is 0 Å². The molecule has 0 unspecified atom stereocenters. The Labute approximate surface area is 135 Å². The van der Waals surface area contributed by atoms with E-state index in [2.05, 4.69) is 0 Å². The van der Waals surface area contributed by atoms with Gasteiger partial charge >= 0.3 is 5.97 Å². The first-order valence-corrected chi connectivity index (χ1v) is 7.33. The summed E-state index contributed by atoms with van der Waals surface area (Å²) in [5, 5.41) is 0. The lowest BCUT2D eigenvalue weighted by Gasteiger charge is -2.11. The van der Waals surface area contributed by atoms with Gasteiger partial charge in [0.1, 0.15) is 5.75 Å². The Hall–Kier alpha value is -3.07. The van der Waals surface area contributed by atoms with E-state index in [0.717, 1.165) is 5.56 Å². The Morgan fingerprint density at radius 2 is 1.35 bits per heavy atom. The van der Waals surface area contributed by atoms with Crippen molar-refractivity contribution in [3.8, 4) is 17.2 Å². The molecule has 0 radical (unpaired) electrons. The number of carbonyl (C=O) groups is 1. The molecule has 3 aromatic carbocycles. The van der Waals surface area contributed by atoms with Gasteiger partial charge in [-0.1, -0.05) is 48.0 Å². The van der Waals surface area contributed by atoms with Gasteiger partial charge in [0.15, 0.2) is 11.5 Å². The molecule has 0 fully saturated rings. The third-order valence-corrected chi connectivity index (χ3v) is 3.31. The number of aryl methyl sites for hydroxylation is 1. The fourth-order valence-electron chi connectivity index (χ4n) is 2.09. The molecule has 23 heavy (non-hydrogen) atoms. The van der Waals surface area contributed by atoms with Gasteiger partial charge in [-0.3, -0.25) is 0 Å². The molecule has 0 heterocycles. The van der Waals surface area contributed by atoms with E-state index in [1.165, 1.54) is 0 Å². The van der Waals surface area contributed by atoms with Crippen molar-refractivity contribution in [2.45, 2.75) is 6.92 Å². The predicted octanol–water partition coefficient (Wildman–Crippen LogP) is 5.01. The van der Waals surface area contributed by atoms with Crippen LogP contribution in [0.3, 0.4) is 0 Å². The molecule has 3 heteroatoms. The van der Waals surface area contributed by atoms with Crippen LogP contribution in [0.4, 0.5) is 0 Å². The van der Waals surface area contributed by atoms with Crippen molar-refractivity contribution in [3.63, 3.8) is 0 Å². The summed E-state index contributed by atoms with van der Waals surface area (Å²) in [6.07, 6.45) is 0. The Morgan fingerprint density at radius 1 is 0.739 bits per heavy atom. The SMILES string of the molecule is Cc1ccc(Oc2ccccc2OC(=O)c2ccccc2)cc1. The summed E-state index contributed by atoms with van der Waals surface area (Å²) in [5.74, 6) is 1.17. The van der Waals surface area contributed by atoms with E-state index in [9.17, 15) is 4.79 Å². The van der Waals surface area contributed by atoms with Crippen molar-refractivity contribution in [2.75, 3.05) is 0 Å². The predicted molar refractivity (Wildman–Crippen MR) is 89.1 cm³/mol. The zero-order chi connectivity index (χ0) is 16.1. The molecule has 0 spiro atoms. The minimum Gasteiger partial charge on any atom is -0.453 e. The second-order valence-electron chi connectivity index (χ2n) is 5.12. The first-order chi connectivity index (χ1) is 11.2. The summed E-state index contributed by atoms with van der Waals surface area (Å²) in [6.45, 7) is 2.01. The molecule has 0 amide bonds. The third kappa shape index (κ3) is 3.77. The fourth-order valence-corrected chi connectivity index (χ4v) is 2.09. The van der Waals surface area contributed by atoms with Gasteiger partial charge in [0.05, 0.1) is 5.56 Å². The molecule has 0 bridgehead atoms. The van der Waals surface area contributed by atoms with Crippen molar-refractivity contribution in [1.29, 1.82) is 0 Å². The van der Waals surface area contributed by atoms with Gasteiger partial charge in [-0.2, -0.15) is 0 Å². The van der Waals surface area contributed by atoms with Gasteiger partial charge in [-0.25, -0.2) is 4.79 Å². The van der Waals surface area contributed by atoms with E-state index in [4.69, 9.17) is 9.47 Å². The summed E-state index contributed by atoms with van der Waals surface area (Å²) in [4.78, 5) is 12.2. The van der Waals surface area contributed by atoms with Crippen LogP contribution in [0.15, 0.2) is 78.9 Å². The smallest absolute Gasteiger partial charge is 0.343 e. The van der Waals surface area contributed by atoms with Crippen LogP contribution >= 0.6 is 0 Å². The first kappa shape index (κ1) is 14.9. The van der Waals surface area contributed by atoms with Crippen LogP contribution in [0.2, 0.25) is 0 Å². The number of rotatable bonds is 4. The Balaban J connectivity index is 1.80. The van der Waals surface area contributed by atoms with Gasteiger partial charge in [0, 0.05) is 0 Å². The molecule has 0 aromatic heterocycles. The molecular formula is C20H16O3. The van der Waals surface area contributed by atoms with Gasteiger partial charge in [-0.05, 0) is 43.3 Å². The highest BCUT2D eigenvalue weighted by Crippen LogP contribution is 2.31. The van der Waals surface area contributed by atoms with Gasteiger partial charge < -0.3 is 9.47 Å². The van der Waals surface area contributed by atoms with Crippen LogP contribution in [0.5, 0.6) is 17.2 Å². The van der Waals surface area contributed by atoms with E-state index in [0.29, 0.717) is 22.8 Å². The number of hydrogen-bond donors (Lipinski definition) is 0. The van der Waals surface area contributed by atoms with Crippen LogP contribution in [0, 0.1) is 6.92 Å². The van der Waals surface area contributed by atoms with Gasteiger partial charge in [0.2, 0.25) is 0 Å². The Morgan fingerprint density at radius 3 is 2.04 bits per heavy atom. The summed E-state index contributed by atoms with van der Waals surface area (Å²) in [7, 11) is 0. The maximum atomic E-state index is 12.2. The van der Waals surface area contributed by atoms with Crippen LogP contribution in [0.25, 0.3) is 0 Å². The van der Waals surface area contributed by atoms with Crippen molar-refractivity contribution in [1.82, 2.24) is 0 Å². The van der Waals surface area contributed by atoms with Crippen molar-refractivity contribution in [3.05, 3.63) is 90.0 Å². The lowest BCUT2D eigenvalue weighted by Crippen LogP contribution is -2.08. The highest BCUT2D eigenvalue weighted by atomic mass is 16.6. The van der Waals surface area contributed by atoms with E-state index in [1.807, 2.05) is 43.3 Å².